The molecule has 0 saturated carbocycles. The lowest BCUT2D eigenvalue weighted by Crippen LogP contribution is -2.13. The summed E-state index contributed by atoms with van der Waals surface area (Å²) in [4.78, 5) is 13.2. The van der Waals surface area contributed by atoms with Gasteiger partial charge in [0.25, 0.3) is 0 Å². The Hall–Kier alpha value is -1.83. The largest absolute Gasteiger partial charge is 0.459 e. The number of aromatic amines is 2. The van der Waals surface area contributed by atoms with Crippen LogP contribution < -0.4 is 10.4 Å². The Bertz CT molecular complexity index is 587. The van der Waals surface area contributed by atoms with Crippen LogP contribution in [0.15, 0.2) is 29.1 Å². The summed E-state index contributed by atoms with van der Waals surface area (Å²) in [6.45, 7) is 0. The number of rotatable bonds is 6. The molecule has 102 valence electrons. The van der Waals surface area contributed by atoms with Crippen molar-refractivity contribution in [3.63, 3.8) is 0 Å². The number of hydrogen-bond acceptors (Lipinski definition) is 4. The summed E-state index contributed by atoms with van der Waals surface area (Å²) in [6.07, 6.45) is -1.56. The van der Waals surface area contributed by atoms with E-state index in [2.05, 4.69) is 15.2 Å². The Morgan fingerprint density at radius 1 is 1.47 bits per heavy atom. The zero-order valence-electron chi connectivity index (χ0n) is 9.73. The first-order valence-electron chi connectivity index (χ1n) is 5.41. The van der Waals surface area contributed by atoms with Gasteiger partial charge in [-0.3, -0.25) is 4.98 Å². The minimum absolute atomic E-state index is 0.0470. The fourth-order valence-electron chi connectivity index (χ4n) is 1.34. The molecule has 1 atom stereocenters. The molecule has 0 aliphatic carbocycles. The average molecular weight is 287 g/mol. The lowest BCUT2D eigenvalue weighted by molar-refractivity contribution is 0.0902. The summed E-state index contributed by atoms with van der Waals surface area (Å²) in [5.41, 5.74) is -0.400. The molecule has 1 aromatic heterocycles. The van der Waals surface area contributed by atoms with Gasteiger partial charge in [0.1, 0.15) is 17.4 Å². The first kappa shape index (κ1) is 13.6. The van der Waals surface area contributed by atoms with E-state index in [1.165, 1.54) is 30.0 Å². The van der Waals surface area contributed by atoms with Crippen LogP contribution >= 0.6 is 11.8 Å². The van der Waals surface area contributed by atoms with Gasteiger partial charge in [-0.1, -0.05) is 6.07 Å². The molecular formula is C11H11F2N3O2S. The number of alkyl halides is 1. The van der Waals surface area contributed by atoms with Crippen molar-refractivity contribution in [3.8, 4) is 5.75 Å². The summed E-state index contributed by atoms with van der Waals surface area (Å²) in [5.74, 6) is 0.498. The van der Waals surface area contributed by atoms with Crippen LogP contribution in [0.25, 0.3) is 0 Å². The van der Waals surface area contributed by atoms with E-state index in [0.29, 0.717) is 11.6 Å². The minimum atomic E-state index is -1.56. The second-order valence-corrected chi connectivity index (χ2v) is 4.66. The Kier molecular flexibility index (Phi) is 4.56. The van der Waals surface area contributed by atoms with Crippen LogP contribution in [-0.4, -0.2) is 27.3 Å². The van der Waals surface area contributed by atoms with Crippen LogP contribution in [0.3, 0.4) is 0 Å². The molecule has 1 heterocycles. The molecule has 5 nitrogen and oxygen atoms in total. The molecule has 2 rings (SSSR count). The van der Waals surface area contributed by atoms with Gasteiger partial charge in [-0.15, -0.1) is 11.8 Å². The highest BCUT2D eigenvalue weighted by Gasteiger charge is 2.09. The Morgan fingerprint density at radius 2 is 2.32 bits per heavy atom. The number of nitrogens with zero attached hydrogens (tertiary/aromatic N) is 1. The monoisotopic (exact) mass is 287 g/mol. The van der Waals surface area contributed by atoms with Crippen LogP contribution in [0.5, 0.6) is 5.75 Å². The molecule has 1 unspecified atom stereocenters. The van der Waals surface area contributed by atoms with Gasteiger partial charge in [0, 0.05) is 6.07 Å². The number of aromatic nitrogens is 3. The predicted octanol–water partition coefficient (Wildman–Crippen LogP) is 1.84. The number of ether oxygens (including phenoxy) is 1. The average Bonchev–Trinajstić information content (AvgIpc) is 2.75. The fraction of sp³-hybridized carbons (Fsp3) is 0.273. The summed E-state index contributed by atoms with van der Waals surface area (Å²) in [7, 11) is 0. The van der Waals surface area contributed by atoms with Gasteiger partial charge in [-0.2, -0.15) is 5.10 Å². The lowest BCUT2D eigenvalue weighted by atomic mass is 10.3. The molecule has 0 saturated heterocycles. The van der Waals surface area contributed by atoms with Crippen molar-refractivity contribution in [1.29, 1.82) is 0 Å². The third kappa shape index (κ3) is 4.40. The van der Waals surface area contributed by atoms with Crippen LogP contribution in [-0.2, 0) is 5.75 Å². The van der Waals surface area contributed by atoms with E-state index in [1.807, 2.05) is 0 Å². The van der Waals surface area contributed by atoms with Crippen molar-refractivity contribution in [2.75, 3.05) is 5.75 Å². The smallest absolute Gasteiger partial charge is 0.340 e. The number of H-pyrrole nitrogens is 2. The van der Waals surface area contributed by atoms with E-state index in [-0.39, 0.29) is 11.5 Å². The molecule has 0 spiro atoms. The van der Waals surface area contributed by atoms with E-state index in [9.17, 15) is 13.6 Å². The van der Waals surface area contributed by atoms with Crippen LogP contribution in [0.2, 0.25) is 0 Å². The van der Waals surface area contributed by atoms with Crippen molar-refractivity contribution in [2.45, 2.75) is 12.1 Å². The van der Waals surface area contributed by atoms with Gasteiger partial charge < -0.3 is 4.74 Å². The highest BCUT2D eigenvalue weighted by atomic mass is 32.2. The number of halogens is 2. The maximum absolute atomic E-state index is 13.5. The first-order valence-corrected chi connectivity index (χ1v) is 6.56. The lowest BCUT2D eigenvalue weighted by Gasteiger charge is -2.10. The Morgan fingerprint density at radius 3 is 3.00 bits per heavy atom. The second-order valence-electron chi connectivity index (χ2n) is 3.62. The van der Waals surface area contributed by atoms with Crippen molar-refractivity contribution < 1.29 is 13.5 Å². The molecular weight excluding hydrogens is 276 g/mol. The van der Waals surface area contributed by atoms with Crippen LogP contribution in [0.1, 0.15) is 5.82 Å². The summed E-state index contributed by atoms with van der Waals surface area (Å²) < 4.78 is 31.2. The highest BCUT2D eigenvalue weighted by molar-refractivity contribution is 7.98. The van der Waals surface area contributed by atoms with E-state index in [0.717, 1.165) is 6.07 Å². The number of thioether (sulfide) groups is 1. The third-order valence-corrected chi connectivity index (χ3v) is 3.07. The molecule has 19 heavy (non-hydrogen) atoms. The fourth-order valence-corrected chi connectivity index (χ4v) is 2.05. The predicted molar refractivity (Wildman–Crippen MR) is 67.3 cm³/mol. The molecule has 0 bridgehead atoms. The van der Waals surface area contributed by atoms with Gasteiger partial charge in [0.2, 0.25) is 6.36 Å². The van der Waals surface area contributed by atoms with Crippen LogP contribution in [0.4, 0.5) is 8.78 Å². The molecule has 2 N–H and O–H groups in total. The first-order chi connectivity index (χ1) is 9.13. The number of hydrogen-bond donors (Lipinski definition) is 2. The summed E-state index contributed by atoms with van der Waals surface area (Å²) >= 11 is 1.20. The normalized spacial score (nSPS) is 12.3. The van der Waals surface area contributed by atoms with Gasteiger partial charge >= 0.3 is 5.69 Å². The maximum atomic E-state index is 13.5. The molecule has 0 aliphatic rings. The van der Waals surface area contributed by atoms with Crippen molar-refractivity contribution in [3.05, 3.63) is 46.4 Å². The Balaban J connectivity index is 1.75. The van der Waals surface area contributed by atoms with E-state index in [1.54, 1.807) is 0 Å². The van der Waals surface area contributed by atoms with Crippen molar-refractivity contribution in [2.24, 2.45) is 0 Å². The quantitative estimate of drug-likeness (QED) is 0.850. The number of benzene rings is 1. The van der Waals surface area contributed by atoms with Gasteiger partial charge in [-0.25, -0.2) is 18.7 Å². The standard InChI is InChI=1S/C11H11F2N3O2S/c12-7-2-1-3-8(4-7)18-9(13)5-19-6-10-14-11(17)16-15-10/h1-4,9H,5-6H2,(H2,14,15,16,17). The molecule has 8 heteroatoms. The topological polar surface area (TPSA) is 70.8 Å². The molecule has 2 aromatic rings. The molecule has 0 aliphatic heterocycles. The molecule has 0 fully saturated rings. The zero-order chi connectivity index (χ0) is 13.7. The summed E-state index contributed by atoms with van der Waals surface area (Å²) in [5, 5.41) is 5.89. The molecule has 0 amide bonds. The van der Waals surface area contributed by atoms with Gasteiger partial charge in [0.15, 0.2) is 0 Å². The van der Waals surface area contributed by atoms with Crippen molar-refractivity contribution in [1.82, 2.24) is 15.2 Å². The van der Waals surface area contributed by atoms with Gasteiger partial charge in [0.05, 0.1) is 11.5 Å². The highest BCUT2D eigenvalue weighted by Crippen LogP contribution is 2.17. The molecule has 0 radical (unpaired) electrons. The third-order valence-electron chi connectivity index (χ3n) is 2.10. The van der Waals surface area contributed by atoms with E-state index >= 15 is 0 Å². The maximum Gasteiger partial charge on any atom is 0.340 e. The minimum Gasteiger partial charge on any atom is -0.459 e. The summed E-state index contributed by atoms with van der Waals surface area (Å²) in [6, 6.07) is 5.29. The van der Waals surface area contributed by atoms with Crippen LogP contribution in [0, 0.1) is 5.82 Å². The second kappa shape index (κ2) is 6.37. The Labute approximate surface area is 111 Å². The van der Waals surface area contributed by atoms with E-state index < -0.39 is 17.9 Å². The van der Waals surface area contributed by atoms with Crippen molar-refractivity contribution >= 4 is 11.8 Å². The zero-order valence-corrected chi connectivity index (χ0v) is 10.5. The number of nitrogens with one attached hydrogen (secondary N) is 2. The van der Waals surface area contributed by atoms with Gasteiger partial charge in [-0.05, 0) is 12.1 Å². The molecule has 1 aromatic carbocycles. The SMILES string of the molecule is O=c1[nH]nc(CSCC(F)Oc2cccc(F)c2)[nH]1. The van der Waals surface area contributed by atoms with E-state index in [4.69, 9.17) is 4.74 Å².